The minimum absolute atomic E-state index is 0.226. The molecule has 0 amide bonds. The van der Waals surface area contributed by atoms with Crippen molar-refractivity contribution in [3.8, 4) is 11.5 Å². The van der Waals surface area contributed by atoms with Crippen LogP contribution in [0.25, 0.3) is 21.8 Å². The molecule has 0 aliphatic carbocycles. The molecule has 10 heteroatoms. The topological polar surface area (TPSA) is 115 Å². The Morgan fingerprint density at radius 2 is 1.88 bits per heavy atom. The molecule has 1 saturated heterocycles. The molecule has 0 atom stereocenters. The first-order valence-electron chi connectivity index (χ1n) is 10.9. The standard InChI is InChI=1S/C16H20N2O4S.C8H8N2O/c1-17-13-3-6-18-14-10-15(21-2)16(9-12(13)14)23(19,20)11-4-7-22-8-5-11;1-11-7-2-3-8-6(4-7)5-9-10-8/h3,6,9-11H,4-5,7-8H2,1-2H3,(H,17,18);2-5H,1H3,(H,9,10). The highest BCUT2D eigenvalue weighted by Crippen LogP contribution is 2.35. The van der Waals surface area contributed by atoms with Gasteiger partial charge in [0.25, 0.3) is 0 Å². The van der Waals surface area contributed by atoms with Gasteiger partial charge in [0, 0.05) is 49.0 Å². The summed E-state index contributed by atoms with van der Waals surface area (Å²) in [6, 6.07) is 11.0. The fourth-order valence-electron chi connectivity index (χ4n) is 3.97. The van der Waals surface area contributed by atoms with E-state index in [0.29, 0.717) is 37.3 Å². The van der Waals surface area contributed by atoms with Gasteiger partial charge in [0.15, 0.2) is 9.84 Å². The Morgan fingerprint density at radius 3 is 2.59 bits per heavy atom. The van der Waals surface area contributed by atoms with Gasteiger partial charge < -0.3 is 19.5 Å². The van der Waals surface area contributed by atoms with E-state index < -0.39 is 15.1 Å². The highest BCUT2D eigenvalue weighted by molar-refractivity contribution is 7.92. The number of nitrogens with zero attached hydrogens (tertiary/aromatic N) is 2. The molecule has 1 aliphatic rings. The van der Waals surface area contributed by atoms with E-state index in [4.69, 9.17) is 14.2 Å². The number of hydrogen-bond donors (Lipinski definition) is 2. The monoisotopic (exact) mass is 484 g/mol. The predicted octanol–water partition coefficient (Wildman–Crippen LogP) is 3.81. The van der Waals surface area contributed by atoms with Crippen molar-refractivity contribution in [2.24, 2.45) is 0 Å². The molecule has 0 spiro atoms. The van der Waals surface area contributed by atoms with E-state index in [1.54, 1.807) is 38.7 Å². The van der Waals surface area contributed by atoms with Crippen LogP contribution in [0.2, 0.25) is 0 Å². The van der Waals surface area contributed by atoms with E-state index in [2.05, 4.69) is 20.5 Å². The number of H-pyrrole nitrogens is 1. The van der Waals surface area contributed by atoms with Crippen LogP contribution in [-0.2, 0) is 14.6 Å². The zero-order chi connectivity index (χ0) is 24.1. The third-order valence-corrected chi connectivity index (χ3v) is 8.14. The summed E-state index contributed by atoms with van der Waals surface area (Å²) >= 11 is 0. The van der Waals surface area contributed by atoms with Crippen molar-refractivity contribution in [1.29, 1.82) is 0 Å². The molecular weight excluding hydrogens is 456 g/mol. The van der Waals surface area contributed by atoms with Crippen LogP contribution in [-0.4, -0.2) is 63.3 Å². The number of nitrogens with one attached hydrogen (secondary N) is 2. The van der Waals surface area contributed by atoms with Gasteiger partial charge in [-0.1, -0.05) is 0 Å². The first kappa shape index (κ1) is 23.8. The zero-order valence-electron chi connectivity index (χ0n) is 19.4. The zero-order valence-corrected chi connectivity index (χ0v) is 20.2. The van der Waals surface area contributed by atoms with E-state index in [1.165, 1.54) is 7.11 Å². The maximum Gasteiger partial charge on any atom is 0.185 e. The van der Waals surface area contributed by atoms with E-state index in [1.807, 2.05) is 24.3 Å². The summed E-state index contributed by atoms with van der Waals surface area (Å²) in [5.41, 5.74) is 2.56. The SMILES string of the molecule is CNc1ccnc2cc(OC)c(S(=O)(=O)C3CCOCC3)cc12.COc1ccc2[nH]ncc2c1. The molecule has 0 radical (unpaired) electrons. The second kappa shape index (κ2) is 10.3. The van der Waals surface area contributed by atoms with Gasteiger partial charge in [0.1, 0.15) is 16.4 Å². The summed E-state index contributed by atoms with van der Waals surface area (Å²) in [5, 5.41) is 11.2. The quantitative estimate of drug-likeness (QED) is 0.439. The minimum atomic E-state index is -3.48. The van der Waals surface area contributed by atoms with Crippen molar-refractivity contribution in [1.82, 2.24) is 15.2 Å². The first-order chi connectivity index (χ1) is 16.5. The molecule has 180 valence electrons. The average Bonchev–Trinajstić information content (AvgIpc) is 3.36. The number of hydrogen-bond acceptors (Lipinski definition) is 8. The molecule has 0 unspecified atom stereocenters. The Morgan fingerprint density at radius 1 is 1.09 bits per heavy atom. The number of fused-ring (bicyclic) bond motifs is 2. The molecule has 0 saturated carbocycles. The number of rotatable bonds is 5. The van der Waals surface area contributed by atoms with E-state index in [0.717, 1.165) is 27.7 Å². The van der Waals surface area contributed by atoms with Crippen molar-refractivity contribution in [3.05, 3.63) is 48.8 Å². The second-order valence-corrected chi connectivity index (χ2v) is 10.0. The Hall–Kier alpha value is -3.37. The summed E-state index contributed by atoms with van der Waals surface area (Å²) in [7, 11) is 1.45. The molecular formula is C24H28N4O5S. The summed E-state index contributed by atoms with van der Waals surface area (Å²) in [5.74, 6) is 1.20. The Kier molecular flexibility index (Phi) is 7.18. The van der Waals surface area contributed by atoms with Crippen LogP contribution < -0.4 is 14.8 Å². The van der Waals surface area contributed by atoms with Gasteiger partial charge in [0.2, 0.25) is 0 Å². The second-order valence-electron chi connectivity index (χ2n) is 7.81. The van der Waals surface area contributed by atoms with Crippen molar-refractivity contribution in [2.75, 3.05) is 39.8 Å². The Balaban J connectivity index is 0.000000207. The Labute approximate surface area is 198 Å². The molecule has 34 heavy (non-hydrogen) atoms. The summed E-state index contributed by atoms with van der Waals surface area (Å²) < 4.78 is 41.7. The third-order valence-electron chi connectivity index (χ3n) is 5.86. The van der Waals surface area contributed by atoms with Crippen LogP contribution in [0.4, 0.5) is 5.69 Å². The molecule has 2 aromatic heterocycles. The van der Waals surface area contributed by atoms with Crippen molar-refractivity contribution in [3.63, 3.8) is 0 Å². The van der Waals surface area contributed by atoms with Crippen LogP contribution in [0.5, 0.6) is 11.5 Å². The average molecular weight is 485 g/mol. The predicted molar refractivity (Wildman–Crippen MR) is 132 cm³/mol. The van der Waals surface area contributed by atoms with E-state index in [-0.39, 0.29) is 4.90 Å². The molecule has 0 bridgehead atoms. The number of benzene rings is 2. The lowest BCUT2D eigenvalue weighted by Crippen LogP contribution is -2.29. The van der Waals surface area contributed by atoms with E-state index >= 15 is 0 Å². The lowest BCUT2D eigenvalue weighted by molar-refractivity contribution is 0.0983. The highest BCUT2D eigenvalue weighted by Gasteiger charge is 2.32. The maximum absolute atomic E-state index is 13.0. The molecule has 2 aromatic carbocycles. The van der Waals surface area contributed by atoms with Crippen molar-refractivity contribution in [2.45, 2.75) is 23.0 Å². The number of methoxy groups -OCH3 is 2. The summed E-state index contributed by atoms with van der Waals surface area (Å²) in [6.45, 7) is 0.951. The molecule has 1 aliphatic heterocycles. The lowest BCUT2D eigenvalue weighted by Gasteiger charge is -2.23. The van der Waals surface area contributed by atoms with Gasteiger partial charge in [-0.3, -0.25) is 10.1 Å². The van der Waals surface area contributed by atoms with Crippen molar-refractivity contribution < 1.29 is 22.6 Å². The number of aromatic amines is 1. The molecule has 9 nitrogen and oxygen atoms in total. The van der Waals surface area contributed by atoms with Gasteiger partial charge in [-0.2, -0.15) is 5.10 Å². The number of aromatic nitrogens is 3. The normalized spacial score (nSPS) is 14.4. The minimum Gasteiger partial charge on any atom is -0.497 e. The van der Waals surface area contributed by atoms with Gasteiger partial charge in [-0.25, -0.2) is 8.42 Å². The Bertz CT molecular complexity index is 1380. The van der Waals surface area contributed by atoms with E-state index in [9.17, 15) is 8.42 Å². The maximum atomic E-state index is 13.0. The van der Waals surface area contributed by atoms with Crippen LogP contribution in [0.3, 0.4) is 0 Å². The molecule has 1 fully saturated rings. The molecule has 2 N–H and O–H groups in total. The van der Waals surface area contributed by atoms with Crippen molar-refractivity contribution >= 4 is 37.3 Å². The highest BCUT2D eigenvalue weighted by atomic mass is 32.2. The van der Waals surface area contributed by atoms with Crippen LogP contribution in [0, 0.1) is 0 Å². The number of sulfone groups is 1. The van der Waals surface area contributed by atoms with Crippen LogP contribution >= 0.6 is 0 Å². The van der Waals surface area contributed by atoms with Gasteiger partial charge in [-0.15, -0.1) is 0 Å². The lowest BCUT2D eigenvalue weighted by atomic mass is 10.2. The molecule has 3 heterocycles. The summed E-state index contributed by atoms with van der Waals surface area (Å²) in [6.07, 6.45) is 4.48. The van der Waals surface area contributed by atoms with Gasteiger partial charge >= 0.3 is 0 Å². The van der Waals surface area contributed by atoms with Crippen LogP contribution in [0.15, 0.2) is 53.7 Å². The third kappa shape index (κ3) is 4.78. The summed E-state index contributed by atoms with van der Waals surface area (Å²) in [4.78, 5) is 4.53. The fraction of sp³-hybridized carbons (Fsp3) is 0.333. The first-order valence-corrected chi connectivity index (χ1v) is 12.5. The van der Waals surface area contributed by atoms with Gasteiger partial charge in [0.05, 0.1) is 36.7 Å². The number of ether oxygens (including phenoxy) is 3. The largest absolute Gasteiger partial charge is 0.497 e. The van der Waals surface area contributed by atoms with Crippen LogP contribution in [0.1, 0.15) is 12.8 Å². The molecule has 5 rings (SSSR count). The number of anilines is 1. The fourth-order valence-corrected chi connectivity index (χ4v) is 5.84. The molecule has 4 aromatic rings. The number of pyridine rings is 1. The van der Waals surface area contributed by atoms with Gasteiger partial charge in [-0.05, 0) is 43.2 Å². The smallest absolute Gasteiger partial charge is 0.185 e.